The van der Waals surface area contributed by atoms with Crippen LogP contribution in [-0.4, -0.2) is 27.5 Å². The van der Waals surface area contributed by atoms with Gasteiger partial charge in [-0.25, -0.2) is 4.98 Å². The SMILES string of the molecule is CCn1c(SCC(=O)Nc2cccc(SC)c2)nc2ccccc2c1=O. The molecule has 134 valence electrons. The number of nitrogens with zero attached hydrogens (tertiary/aromatic N) is 2. The molecule has 26 heavy (non-hydrogen) atoms. The standard InChI is InChI=1S/C19H19N3O2S2/c1-3-22-18(24)15-9-4-5-10-16(15)21-19(22)26-12-17(23)20-13-7-6-8-14(11-13)25-2/h4-11H,3,12H2,1-2H3,(H,20,23). The second-order valence-electron chi connectivity index (χ2n) is 5.53. The first-order valence-electron chi connectivity index (χ1n) is 8.18. The molecule has 1 aromatic heterocycles. The fraction of sp³-hybridized carbons (Fsp3) is 0.211. The molecule has 0 radical (unpaired) electrons. The summed E-state index contributed by atoms with van der Waals surface area (Å²) in [5.74, 6) is 0.0622. The molecule has 0 saturated heterocycles. The van der Waals surface area contributed by atoms with Crippen molar-refractivity contribution in [3.8, 4) is 0 Å². The van der Waals surface area contributed by atoms with Crippen molar-refractivity contribution in [3.05, 3.63) is 58.9 Å². The molecule has 7 heteroatoms. The van der Waals surface area contributed by atoms with Gasteiger partial charge in [0.25, 0.3) is 5.56 Å². The Kier molecular flexibility index (Phi) is 6.00. The maximum atomic E-state index is 12.6. The van der Waals surface area contributed by atoms with Gasteiger partial charge in [0.05, 0.1) is 16.7 Å². The number of thioether (sulfide) groups is 2. The number of rotatable bonds is 6. The minimum atomic E-state index is -0.127. The summed E-state index contributed by atoms with van der Waals surface area (Å²) >= 11 is 2.90. The van der Waals surface area contributed by atoms with Crippen LogP contribution in [0.15, 0.2) is 63.4 Å². The van der Waals surface area contributed by atoms with Gasteiger partial charge in [0, 0.05) is 17.1 Å². The van der Waals surface area contributed by atoms with Gasteiger partial charge in [0.2, 0.25) is 5.91 Å². The maximum absolute atomic E-state index is 12.6. The molecule has 0 spiro atoms. The molecule has 1 amide bonds. The van der Waals surface area contributed by atoms with Gasteiger partial charge in [-0.1, -0.05) is 30.0 Å². The van der Waals surface area contributed by atoms with E-state index in [1.807, 2.05) is 55.6 Å². The van der Waals surface area contributed by atoms with Crippen LogP contribution < -0.4 is 10.9 Å². The fourth-order valence-corrected chi connectivity index (χ4v) is 3.89. The Bertz CT molecular complexity index is 1000. The Labute approximate surface area is 160 Å². The number of carbonyl (C=O) groups excluding carboxylic acids is 1. The minimum Gasteiger partial charge on any atom is -0.325 e. The number of benzene rings is 2. The van der Waals surface area contributed by atoms with Gasteiger partial charge in [0.1, 0.15) is 0 Å². The highest BCUT2D eigenvalue weighted by molar-refractivity contribution is 7.99. The molecule has 1 heterocycles. The number of para-hydroxylation sites is 1. The van der Waals surface area contributed by atoms with Crippen molar-refractivity contribution < 1.29 is 4.79 Å². The van der Waals surface area contributed by atoms with E-state index < -0.39 is 0 Å². The summed E-state index contributed by atoms with van der Waals surface area (Å²) in [7, 11) is 0. The van der Waals surface area contributed by atoms with Crippen LogP contribution in [0.4, 0.5) is 5.69 Å². The van der Waals surface area contributed by atoms with Crippen LogP contribution in [0.25, 0.3) is 10.9 Å². The van der Waals surface area contributed by atoms with Crippen molar-refractivity contribution in [1.29, 1.82) is 0 Å². The first kappa shape index (κ1) is 18.5. The molecule has 2 aromatic carbocycles. The summed E-state index contributed by atoms with van der Waals surface area (Å²) in [4.78, 5) is 30.5. The van der Waals surface area contributed by atoms with Gasteiger partial charge in [-0.2, -0.15) is 0 Å². The van der Waals surface area contributed by atoms with Crippen molar-refractivity contribution in [1.82, 2.24) is 9.55 Å². The van der Waals surface area contributed by atoms with Crippen molar-refractivity contribution in [2.45, 2.75) is 23.5 Å². The van der Waals surface area contributed by atoms with Crippen LogP contribution in [0.5, 0.6) is 0 Å². The van der Waals surface area contributed by atoms with Gasteiger partial charge in [-0.15, -0.1) is 11.8 Å². The smallest absolute Gasteiger partial charge is 0.262 e. The number of nitrogens with one attached hydrogen (secondary N) is 1. The van der Waals surface area contributed by atoms with E-state index in [-0.39, 0.29) is 17.2 Å². The van der Waals surface area contributed by atoms with E-state index in [4.69, 9.17) is 0 Å². The van der Waals surface area contributed by atoms with Gasteiger partial charge in [-0.05, 0) is 43.5 Å². The normalized spacial score (nSPS) is 10.8. The Morgan fingerprint density at radius 1 is 1.19 bits per heavy atom. The van der Waals surface area contributed by atoms with E-state index in [9.17, 15) is 9.59 Å². The topological polar surface area (TPSA) is 64.0 Å². The zero-order valence-corrected chi connectivity index (χ0v) is 16.2. The molecule has 0 aliphatic carbocycles. The summed E-state index contributed by atoms with van der Waals surface area (Å²) in [5, 5.41) is 4.04. The van der Waals surface area contributed by atoms with E-state index in [0.29, 0.717) is 22.6 Å². The molecule has 0 aliphatic heterocycles. The van der Waals surface area contributed by atoms with E-state index in [0.717, 1.165) is 10.6 Å². The molecule has 0 unspecified atom stereocenters. The van der Waals surface area contributed by atoms with Gasteiger partial charge >= 0.3 is 0 Å². The number of fused-ring (bicyclic) bond motifs is 1. The predicted octanol–water partition coefficient (Wildman–Crippen LogP) is 3.87. The van der Waals surface area contributed by atoms with E-state index >= 15 is 0 Å². The van der Waals surface area contributed by atoms with Crippen LogP contribution >= 0.6 is 23.5 Å². The number of hydrogen-bond donors (Lipinski definition) is 1. The summed E-state index contributed by atoms with van der Waals surface area (Å²) in [6, 6.07) is 15.0. The number of aromatic nitrogens is 2. The minimum absolute atomic E-state index is 0.0753. The Balaban J connectivity index is 1.76. The van der Waals surface area contributed by atoms with Crippen LogP contribution in [-0.2, 0) is 11.3 Å². The lowest BCUT2D eigenvalue weighted by Gasteiger charge is -2.11. The quantitative estimate of drug-likeness (QED) is 0.515. The highest BCUT2D eigenvalue weighted by Gasteiger charge is 2.12. The Morgan fingerprint density at radius 3 is 2.77 bits per heavy atom. The molecule has 0 saturated carbocycles. The lowest BCUT2D eigenvalue weighted by molar-refractivity contribution is -0.113. The van der Waals surface area contributed by atoms with Crippen molar-refractivity contribution in [2.24, 2.45) is 0 Å². The highest BCUT2D eigenvalue weighted by atomic mass is 32.2. The monoisotopic (exact) mass is 385 g/mol. The second-order valence-corrected chi connectivity index (χ2v) is 7.35. The maximum Gasteiger partial charge on any atom is 0.262 e. The molecule has 0 fully saturated rings. The molecule has 3 aromatic rings. The average molecular weight is 386 g/mol. The lowest BCUT2D eigenvalue weighted by atomic mass is 10.2. The zero-order valence-electron chi connectivity index (χ0n) is 14.6. The van der Waals surface area contributed by atoms with Crippen molar-refractivity contribution in [3.63, 3.8) is 0 Å². The molecule has 0 atom stereocenters. The molecular formula is C19H19N3O2S2. The molecule has 1 N–H and O–H groups in total. The summed E-state index contributed by atoms with van der Waals surface area (Å²) in [6.45, 7) is 2.41. The summed E-state index contributed by atoms with van der Waals surface area (Å²) < 4.78 is 1.61. The van der Waals surface area contributed by atoms with Crippen LogP contribution in [0.3, 0.4) is 0 Å². The number of anilines is 1. The summed E-state index contributed by atoms with van der Waals surface area (Å²) in [6.07, 6.45) is 1.99. The Hall–Kier alpha value is -2.25. The van der Waals surface area contributed by atoms with Crippen LogP contribution in [0.1, 0.15) is 6.92 Å². The number of amides is 1. The van der Waals surface area contributed by atoms with E-state index in [1.54, 1.807) is 22.4 Å². The van der Waals surface area contributed by atoms with Crippen molar-refractivity contribution >= 4 is 46.0 Å². The molecule has 5 nitrogen and oxygen atoms in total. The molecular weight excluding hydrogens is 366 g/mol. The molecule has 0 aliphatic rings. The van der Waals surface area contributed by atoms with Crippen molar-refractivity contribution in [2.75, 3.05) is 17.3 Å². The average Bonchev–Trinajstić information content (AvgIpc) is 2.66. The third-order valence-corrected chi connectivity index (χ3v) is 5.53. The second kappa shape index (κ2) is 8.42. The number of hydrogen-bond acceptors (Lipinski definition) is 5. The Morgan fingerprint density at radius 2 is 2.00 bits per heavy atom. The van der Waals surface area contributed by atoms with E-state index in [1.165, 1.54) is 11.8 Å². The van der Waals surface area contributed by atoms with Gasteiger partial charge in [-0.3, -0.25) is 14.2 Å². The van der Waals surface area contributed by atoms with Crippen LogP contribution in [0.2, 0.25) is 0 Å². The first-order chi connectivity index (χ1) is 12.6. The van der Waals surface area contributed by atoms with Gasteiger partial charge in [0.15, 0.2) is 5.16 Å². The zero-order chi connectivity index (χ0) is 18.5. The highest BCUT2D eigenvalue weighted by Crippen LogP contribution is 2.21. The fourth-order valence-electron chi connectivity index (χ4n) is 2.56. The third kappa shape index (κ3) is 4.11. The summed E-state index contributed by atoms with van der Waals surface area (Å²) in [5.41, 5.74) is 1.34. The van der Waals surface area contributed by atoms with E-state index in [2.05, 4.69) is 10.3 Å². The third-order valence-electron chi connectivity index (χ3n) is 3.83. The molecule has 3 rings (SSSR count). The van der Waals surface area contributed by atoms with Crippen LogP contribution in [0, 0.1) is 0 Å². The lowest BCUT2D eigenvalue weighted by Crippen LogP contribution is -2.23. The molecule has 0 bridgehead atoms. The van der Waals surface area contributed by atoms with Gasteiger partial charge < -0.3 is 5.32 Å². The number of carbonyl (C=O) groups is 1. The first-order valence-corrected chi connectivity index (χ1v) is 10.4. The predicted molar refractivity (Wildman–Crippen MR) is 109 cm³/mol. The largest absolute Gasteiger partial charge is 0.325 e.